The van der Waals surface area contributed by atoms with Crippen molar-refractivity contribution in [2.45, 2.75) is 13.2 Å². The molecule has 1 rings (SSSR count). The highest BCUT2D eigenvalue weighted by atomic mass is 32.3. The lowest BCUT2D eigenvalue weighted by Crippen LogP contribution is -2.57. The SMILES string of the molecule is CCOC1=CC(=N)N(OS(=O)(=O)O)C(N)N1.O. The first-order valence-corrected chi connectivity index (χ1v) is 5.61. The Morgan fingerprint density at radius 2 is 2.29 bits per heavy atom. The highest BCUT2D eigenvalue weighted by Crippen LogP contribution is 2.09. The lowest BCUT2D eigenvalue weighted by Gasteiger charge is -2.31. The van der Waals surface area contributed by atoms with E-state index in [1.54, 1.807) is 6.92 Å². The van der Waals surface area contributed by atoms with Crippen molar-refractivity contribution in [3.63, 3.8) is 0 Å². The molecule has 0 aromatic rings. The van der Waals surface area contributed by atoms with Crippen LogP contribution in [0.5, 0.6) is 0 Å². The monoisotopic (exact) mass is 270 g/mol. The third-order valence-electron chi connectivity index (χ3n) is 1.52. The summed E-state index contributed by atoms with van der Waals surface area (Å²) in [4.78, 5) is 0. The maximum atomic E-state index is 10.5. The van der Waals surface area contributed by atoms with Gasteiger partial charge < -0.3 is 15.5 Å². The van der Waals surface area contributed by atoms with Crippen molar-refractivity contribution in [2.75, 3.05) is 6.61 Å². The van der Waals surface area contributed by atoms with Gasteiger partial charge in [-0.25, -0.2) is 0 Å². The molecular weight excluding hydrogens is 256 g/mol. The Kier molecular flexibility index (Phi) is 5.31. The summed E-state index contributed by atoms with van der Waals surface area (Å²) in [5.74, 6) is -0.150. The number of hydrogen-bond donors (Lipinski definition) is 4. The number of rotatable bonds is 4. The van der Waals surface area contributed by atoms with E-state index in [4.69, 9.17) is 20.4 Å². The number of hydroxylamine groups is 2. The zero-order chi connectivity index (χ0) is 12.3. The van der Waals surface area contributed by atoms with Crippen molar-refractivity contribution in [2.24, 2.45) is 5.73 Å². The van der Waals surface area contributed by atoms with E-state index in [9.17, 15) is 8.42 Å². The zero-order valence-corrected chi connectivity index (χ0v) is 9.69. The van der Waals surface area contributed by atoms with Crippen molar-refractivity contribution in [3.8, 4) is 0 Å². The molecule has 17 heavy (non-hydrogen) atoms. The molecule has 1 unspecified atom stereocenters. The summed E-state index contributed by atoms with van der Waals surface area (Å²) in [6.45, 7) is 2.09. The lowest BCUT2D eigenvalue weighted by atomic mass is 10.4. The van der Waals surface area contributed by atoms with Gasteiger partial charge in [-0.05, 0) is 6.92 Å². The summed E-state index contributed by atoms with van der Waals surface area (Å²) in [5.41, 5.74) is 5.45. The number of nitrogens with zero attached hydrogens (tertiary/aromatic N) is 1. The molecule has 10 nitrogen and oxygen atoms in total. The number of hydrogen-bond acceptors (Lipinski definition) is 7. The van der Waals surface area contributed by atoms with Crippen LogP contribution in [0.2, 0.25) is 0 Å². The molecule has 0 aromatic heterocycles. The van der Waals surface area contributed by atoms with Gasteiger partial charge in [-0.15, -0.1) is 4.28 Å². The number of nitrogens with two attached hydrogens (primary N) is 1. The summed E-state index contributed by atoms with van der Waals surface area (Å²) < 4.78 is 38.5. The van der Waals surface area contributed by atoms with E-state index < -0.39 is 16.7 Å². The Balaban J connectivity index is 0.00000256. The predicted octanol–water partition coefficient (Wildman–Crippen LogP) is -2.10. The fourth-order valence-electron chi connectivity index (χ4n) is 1.01. The van der Waals surface area contributed by atoms with Gasteiger partial charge in [0.25, 0.3) is 0 Å². The molecule has 1 atom stereocenters. The van der Waals surface area contributed by atoms with Crippen LogP contribution in [-0.4, -0.2) is 42.2 Å². The van der Waals surface area contributed by atoms with Gasteiger partial charge in [-0.3, -0.25) is 15.7 Å². The maximum Gasteiger partial charge on any atom is 0.418 e. The van der Waals surface area contributed by atoms with Crippen molar-refractivity contribution in [1.82, 2.24) is 10.4 Å². The standard InChI is InChI=1S/C6H12N4O5S.H2O/c1-2-14-5-3-4(7)10(6(8)9-5)15-16(11,12)13;/h3,6-7,9H,2,8H2,1H3,(H,11,12,13);1H2. The van der Waals surface area contributed by atoms with Gasteiger partial charge in [-0.1, -0.05) is 0 Å². The van der Waals surface area contributed by atoms with Crippen molar-refractivity contribution >= 4 is 16.2 Å². The topological polar surface area (TPSA) is 169 Å². The Morgan fingerprint density at radius 3 is 2.71 bits per heavy atom. The summed E-state index contributed by atoms with van der Waals surface area (Å²) in [6, 6.07) is 0. The van der Waals surface area contributed by atoms with Gasteiger partial charge >= 0.3 is 10.4 Å². The molecule has 0 saturated carbocycles. The lowest BCUT2D eigenvalue weighted by molar-refractivity contribution is -0.0426. The van der Waals surface area contributed by atoms with Crippen molar-refractivity contribution < 1.29 is 27.5 Å². The van der Waals surface area contributed by atoms with Gasteiger partial charge in [0, 0.05) is 6.08 Å². The third-order valence-corrected chi connectivity index (χ3v) is 1.87. The summed E-state index contributed by atoms with van der Waals surface area (Å²) in [6.07, 6.45) is 0.0128. The smallest absolute Gasteiger partial charge is 0.418 e. The highest BCUT2D eigenvalue weighted by Gasteiger charge is 2.28. The Morgan fingerprint density at radius 1 is 1.71 bits per heavy atom. The van der Waals surface area contributed by atoms with Crippen LogP contribution in [0.4, 0.5) is 0 Å². The fraction of sp³-hybridized carbons (Fsp3) is 0.500. The molecule has 0 aliphatic carbocycles. The Hall–Kier alpha value is -1.40. The predicted molar refractivity (Wildman–Crippen MR) is 56.6 cm³/mol. The molecule has 0 bridgehead atoms. The summed E-state index contributed by atoms with van der Waals surface area (Å²) in [5, 5.41) is 10.4. The van der Waals surface area contributed by atoms with Crippen LogP contribution in [0.1, 0.15) is 6.92 Å². The van der Waals surface area contributed by atoms with Gasteiger partial charge in [0.2, 0.25) is 0 Å². The van der Waals surface area contributed by atoms with Gasteiger partial charge in [0.05, 0.1) is 6.61 Å². The molecule has 0 fully saturated rings. The molecule has 11 heteroatoms. The molecule has 1 heterocycles. The molecule has 0 amide bonds. The number of ether oxygens (including phenoxy) is 1. The molecule has 0 spiro atoms. The first kappa shape index (κ1) is 15.6. The van der Waals surface area contributed by atoms with E-state index in [1.165, 1.54) is 0 Å². The summed E-state index contributed by atoms with van der Waals surface area (Å²) in [7, 11) is -4.72. The molecule has 100 valence electrons. The van der Waals surface area contributed by atoms with Crippen molar-refractivity contribution in [1.29, 1.82) is 5.41 Å². The van der Waals surface area contributed by atoms with E-state index in [-0.39, 0.29) is 17.2 Å². The second kappa shape index (κ2) is 5.79. The van der Waals surface area contributed by atoms with E-state index in [0.29, 0.717) is 11.7 Å². The van der Waals surface area contributed by atoms with E-state index in [1.807, 2.05) is 0 Å². The quantitative estimate of drug-likeness (QED) is 0.421. The summed E-state index contributed by atoms with van der Waals surface area (Å²) >= 11 is 0. The zero-order valence-electron chi connectivity index (χ0n) is 8.87. The molecule has 1 aliphatic rings. The van der Waals surface area contributed by atoms with E-state index in [2.05, 4.69) is 9.60 Å². The minimum absolute atomic E-state index is 0. The van der Waals surface area contributed by atoms with Crippen LogP contribution in [0, 0.1) is 5.41 Å². The average Bonchev–Trinajstić information content (AvgIpc) is 2.10. The largest absolute Gasteiger partial charge is 0.479 e. The number of nitrogens with one attached hydrogen (secondary N) is 2. The highest BCUT2D eigenvalue weighted by molar-refractivity contribution is 7.80. The van der Waals surface area contributed by atoms with E-state index >= 15 is 0 Å². The van der Waals surface area contributed by atoms with Crippen LogP contribution in [-0.2, 0) is 19.4 Å². The van der Waals surface area contributed by atoms with Crippen LogP contribution in [0.25, 0.3) is 0 Å². The normalized spacial score (nSPS) is 20.2. The van der Waals surface area contributed by atoms with Gasteiger partial charge in [0.1, 0.15) is 0 Å². The first-order chi connectivity index (χ1) is 7.33. The van der Waals surface area contributed by atoms with Crippen LogP contribution < -0.4 is 11.1 Å². The third kappa shape index (κ3) is 4.54. The molecule has 0 radical (unpaired) electrons. The van der Waals surface area contributed by atoms with Crippen LogP contribution in [0.3, 0.4) is 0 Å². The fourth-order valence-corrected chi connectivity index (χ4v) is 1.39. The van der Waals surface area contributed by atoms with Crippen LogP contribution >= 0.6 is 0 Å². The first-order valence-electron chi connectivity index (χ1n) is 4.25. The molecule has 0 saturated heterocycles. The Bertz CT molecular complexity index is 407. The van der Waals surface area contributed by atoms with Crippen molar-refractivity contribution in [3.05, 3.63) is 12.0 Å². The second-order valence-corrected chi connectivity index (χ2v) is 3.75. The minimum Gasteiger partial charge on any atom is -0.479 e. The van der Waals surface area contributed by atoms with Crippen LogP contribution in [0.15, 0.2) is 12.0 Å². The number of amidine groups is 1. The molecule has 7 N–H and O–H groups in total. The maximum absolute atomic E-state index is 10.5. The minimum atomic E-state index is -4.72. The van der Waals surface area contributed by atoms with Gasteiger partial charge in [0.15, 0.2) is 18.0 Å². The second-order valence-electron chi connectivity index (χ2n) is 2.74. The molecule has 1 aliphatic heterocycles. The molecular formula is C6H14N4O6S. The van der Waals surface area contributed by atoms with E-state index in [0.717, 1.165) is 6.08 Å². The van der Waals surface area contributed by atoms with Gasteiger partial charge in [-0.2, -0.15) is 13.5 Å². The average molecular weight is 270 g/mol. The Labute approximate surface area is 97.7 Å². The molecule has 0 aromatic carbocycles.